The highest BCUT2D eigenvalue weighted by Gasteiger charge is 2.24. The fourth-order valence-electron chi connectivity index (χ4n) is 2.22. The van der Waals surface area contributed by atoms with Gasteiger partial charge in [-0.2, -0.15) is 8.42 Å². The van der Waals surface area contributed by atoms with Gasteiger partial charge >= 0.3 is 0 Å². The highest BCUT2D eigenvalue weighted by atomic mass is 32.2. The van der Waals surface area contributed by atoms with E-state index in [2.05, 4.69) is 0 Å². The highest BCUT2D eigenvalue weighted by molar-refractivity contribution is 7.89. The number of benzene rings is 2. The molecule has 0 aliphatic rings. The molecule has 3 rings (SSSR count). The Morgan fingerprint density at radius 3 is 2.18 bits per heavy atom. The molecule has 0 aliphatic carbocycles. The molecule has 0 saturated heterocycles. The zero-order chi connectivity index (χ0) is 15.6. The van der Waals surface area contributed by atoms with Crippen LogP contribution in [0.3, 0.4) is 0 Å². The van der Waals surface area contributed by atoms with E-state index < -0.39 is 18.0 Å². The van der Waals surface area contributed by atoms with Gasteiger partial charge in [0, 0.05) is 9.92 Å². The van der Waals surface area contributed by atoms with Gasteiger partial charge in [0.15, 0.2) is 0 Å². The van der Waals surface area contributed by atoms with E-state index in [4.69, 9.17) is 0 Å². The molecule has 0 saturated carbocycles. The molecule has 2 aromatic carbocycles. The van der Waals surface area contributed by atoms with Crippen LogP contribution in [0, 0.1) is 0 Å². The average molecular weight is 348 g/mol. The molecule has 1 unspecified atom stereocenters. The van der Waals surface area contributed by atoms with Gasteiger partial charge in [0.05, 0.1) is 0 Å². The van der Waals surface area contributed by atoms with Crippen LogP contribution in [0.25, 0.3) is 0 Å². The minimum absolute atomic E-state index is 0.0154. The molecule has 0 radical (unpaired) electrons. The number of hydrogen-bond donors (Lipinski definition) is 1. The highest BCUT2D eigenvalue weighted by Crippen LogP contribution is 2.36. The molecule has 112 valence electrons. The first-order valence-electron chi connectivity index (χ1n) is 6.52. The Labute approximate surface area is 134 Å². The molecular weight excluding hydrogens is 335 g/mol. The third kappa shape index (κ3) is 3.13. The summed E-state index contributed by atoms with van der Waals surface area (Å²) in [5.74, 6) is 0. The van der Waals surface area contributed by atoms with Crippen molar-refractivity contribution in [2.75, 3.05) is 0 Å². The molecule has 3 nitrogen and oxygen atoms in total. The monoisotopic (exact) mass is 348 g/mol. The second-order valence-electron chi connectivity index (χ2n) is 4.57. The van der Waals surface area contributed by atoms with Gasteiger partial charge in [0.25, 0.3) is 10.1 Å². The number of hydrogen-bond acceptors (Lipinski definition) is 3. The summed E-state index contributed by atoms with van der Waals surface area (Å²) in [6, 6.07) is 20.4. The van der Waals surface area contributed by atoms with E-state index in [-0.39, 0.29) is 4.90 Å². The lowest BCUT2D eigenvalue weighted by molar-refractivity contribution is 0.484. The average Bonchev–Trinajstić information content (AvgIpc) is 3.02. The van der Waals surface area contributed by atoms with Crippen molar-refractivity contribution in [3.05, 3.63) is 72.1 Å². The molecule has 0 spiro atoms. The summed E-state index contributed by atoms with van der Waals surface area (Å²) >= 11 is 1.59. The molecule has 0 amide bonds. The zero-order valence-electron chi connectivity index (χ0n) is 11.5. The summed E-state index contributed by atoms with van der Waals surface area (Å²) in [5, 5.41) is 3.67. The predicted octanol–water partition coefficient (Wildman–Crippen LogP) is 2.75. The van der Waals surface area contributed by atoms with Crippen LogP contribution in [-0.4, -0.2) is 13.0 Å². The quantitative estimate of drug-likeness (QED) is 0.583. The largest absolute Gasteiger partial charge is 0.295 e. The summed E-state index contributed by atoms with van der Waals surface area (Å²) < 4.78 is 34.1. The van der Waals surface area contributed by atoms with Gasteiger partial charge < -0.3 is 0 Å². The summed E-state index contributed by atoms with van der Waals surface area (Å²) in [6.45, 7) is 0. The maximum Gasteiger partial charge on any atom is 0.295 e. The van der Waals surface area contributed by atoms with Crippen LogP contribution in [0.2, 0.25) is 0 Å². The number of thiophene rings is 1. The smallest absolute Gasteiger partial charge is 0.282 e. The minimum atomic E-state index is -4.26. The van der Waals surface area contributed by atoms with Crippen molar-refractivity contribution in [3.63, 3.8) is 0 Å². The van der Waals surface area contributed by atoms with E-state index >= 15 is 0 Å². The Morgan fingerprint density at radius 1 is 0.864 bits per heavy atom. The van der Waals surface area contributed by atoms with Gasteiger partial charge in [-0.3, -0.25) is 4.55 Å². The van der Waals surface area contributed by atoms with Crippen LogP contribution >= 0.6 is 19.3 Å². The maximum atomic E-state index is 11.7. The van der Waals surface area contributed by atoms with Crippen LogP contribution in [0.15, 0.2) is 77.0 Å². The molecule has 1 atom stereocenters. The van der Waals surface area contributed by atoms with E-state index in [1.165, 1.54) is 6.07 Å². The van der Waals surface area contributed by atoms with Crippen molar-refractivity contribution in [2.24, 2.45) is 0 Å². The van der Waals surface area contributed by atoms with Crippen molar-refractivity contribution in [1.29, 1.82) is 0 Å². The van der Waals surface area contributed by atoms with E-state index in [0.29, 0.717) is 5.30 Å². The van der Waals surface area contributed by atoms with Crippen molar-refractivity contribution in [3.8, 4) is 0 Å². The second-order valence-corrected chi connectivity index (χ2v) is 9.36. The molecule has 1 N–H and O–H groups in total. The predicted molar refractivity (Wildman–Crippen MR) is 92.8 cm³/mol. The molecule has 22 heavy (non-hydrogen) atoms. The SMILES string of the molecule is O=S(=O)(O)c1ccccc1P(c1ccccc1)c1cccs1. The molecule has 0 fully saturated rings. The van der Waals surface area contributed by atoms with Crippen LogP contribution in [0.5, 0.6) is 0 Å². The molecular formula is C16H13O3PS2. The Morgan fingerprint density at radius 2 is 1.55 bits per heavy atom. The lowest BCUT2D eigenvalue weighted by Crippen LogP contribution is -2.23. The Kier molecular flexibility index (Phi) is 4.41. The summed E-state index contributed by atoms with van der Waals surface area (Å²) in [4.78, 5) is -0.0154. The van der Waals surface area contributed by atoms with Crippen molar-refractivity contribution in [1.82, 2.24) is 0 Å². The van der Waals surface area contributed by atoms with Crippen molar-refractivity contribution < 1.29 is 13.0 Å². The minimum Gasteiger partial charge on any atom is -0.282 e. The zero-order valence-corrected chi connectivity index (χ0v) is 14.0. The van der Waals surface area contributed by atoms with Gasteiger partial charge in [-0.1, -0.05) is 54.6 Å². The van der Waals surface area contributed by atoms with Gasteiger partial charge in [-0.25, -0.2) is 0 Å². The Hall–Kier alpha value is -1.52. The van der Waals surface area contributed by atoms with Gasteiger partial charge in [-0.05, 0) is 30.7 Å². The second kappa shape index (κ2) is 6.31. The normalized spacial score (nSPS) is 13.0. The van der Waals surface area contributed by atoms with Crippen LogP contribution in [0.1, 0.15) is 0 Å². The number of rotatable bonds is 4. The lowest BCUT2D eigenvalue weighted by atomic mass is 10.4. The van der Waals surface area contributed by atoms with Gasteiger partial charge in [-0.15, -0.1) is 11.3 Å². The molecule has 1 aromatic heterocycles. The molecule has 0 aliphatic heterocycles. The van der Waals surface area contributed by atoms with E-state index in [0.717, 1.165) is 9.92 Å². The van der Waals surface area contributed by atoms with E-state index in [1.807, 2.05) is 47.8 Å². The lowest BCUT2D eigenvalue weighted by Gasteiger charge is -2.19. The van der Waals surface area contributed by atoms with E-state index in [9.17, 15) is 13.0 Å². The third-order valence-electron chi connectivity index (χ3n) is 3.13. The third-order valence-corrected chi connectivity index (χ3v) is 8.00. The fourth-order valence-corrected chi connectivity index (χ4v) is 7.10. The van der Waals surface area contributed by atoms with Gasteiger partial charge in [0.1, 0.15) is 4.90 Å². The first-order chi connectivity index (χ1) is 10.6. The van der Waals surface area contributed by atoms with Crippen LogP contribution < -0.4 is 15.2 Å². The van der Waals surface area contributed by atoms with Crippen LogP contribution in [0.4, 0.5) is 0 Å². The topological polar surface area (TPSA) is 54.4 Å². The van der Waals surface area contributed by atoms with Crippen molar-refractivity contribution in [2.45, 2.75) is 4.90 Å². The Balaban J connectivity index is 2.25. The standard InChI is InChI=1S/C16H13O3PS2/c17-22(18,19)15-10-5-4-9-14(15)20(16-11-6-12-21-16)13-7-2-1-3-8-13/h1-12H,(H,17,18,19). The molecule has 6 heteroatoms. The molecule has 0 bridgehead atoms. The van der Waals surface area contributed by atoms with Crippen molar-refractivity contribution >= 4 is 44.6 Å². The first-order valence-corrected chi connectivity index (χ1v) is 10.2. The maximum absolute atomic E-state index is 11.7. The van der Waals surface area contributed by atoms with E-state index in [1.54, 1.807) is 29.5 Å². The molecule has 3 aromatic rings. The fraction of sp³-hybridized carbons (Fsp3) is 0. The molecule has 1 heterocycles. The van der Waals surface area contributed by atoms with Crippen LogP contribution in [-0.2, 0) is 10.1 Å². The van der Waals surface area contributed by atoms with Gasteiger partial charge in [0.2, 0.25) is 0 Å². The summed E-state index contributed by atoms with van der Waals surface area (Å²) in [6.07, 6.45) is 0. The summed E-state index contributed by atoms with van der Waals surface area (Å²) in [5.41, 5.74) is 0. The first kappa shape index (κ1) is 15.4. The summed E-state index contributed by atoms with van der Waals surface area (Å²) in [7, 11) is -5.27. The Bertz CT molecular complexity index is 859.